The van der Waals surface area contributed by atoms with E-state index in [9.17, 15) is 4.79 Å². The summed E-state index contributed by atoms with van der Waals surface area (Å²) in [6, 6.07) is 15.1. The summed E-state index contributed by atoms with van der Waals surface area (Å²) in [5.41, 5.74) is 3.61. The quantitative estimate of drug-likeness (QED) is 0.777. The first-order chi connectivity index (χ1) is 10.3. The van der Waals surface area contributed by atoms with Gasteiger partial charge in [0.15, 0.2) is 0 Å². The van der Waals surface area contributed by atoms with Crippen LogP contribution in [0.4, 0.5) is 4.79 Å². The van der Waals surface area contributed by atoms with E-state index < -0.39 is 6.03 Å². The number of nitrogens with zero attached hydrogens (tertiary/aromatic N) is 3. The van der Waals surface area contributed by atoms with Crippen molar-refractivity contribution in [3.63, 3.8) is 0 Å². The van der Waals surface area contributed by atoms with Gasteiger partial charge >= 0.3 is 6.03 Å². The molecule has 0 bridgehead atoms. The third kappa shape index (κ3) is 1.87. The van der Waals surface area contributed by atoms with E-state index in [1.165, 1.54) is 0 Å². The van der Waals surface area contributed by atoms with Crippen LogP contribution in [0.5, 0.6) is 0 Å². The SMILES string of the molecule is O=C1N=c2ccc(-c3ccccc3)c(-c3cc[nH]n3)c2=N1. The Balaban J connectivity index is 2.11. The van der Waals surface area contributed by atoms with Crippen LogP contribution in [0, 0.1) is 0 Å². The number of urea groups is 1. The molecular formula is C16H10N4O. The Morgan fingerprint density at radius 1 is 0.905 bits per heavy atom. The third-order valence-electron chi connectivity index (χ3n) is 3.42. The summed E-state index contributed by atoms with van der Waals surface area (Å²) in [5.74, 6) is 0. The normalized spacial score (nSPS) is 12.7. The molecule has 0 unspecified atom stereocenters. The Morgan fingerprint density at radius 3 is 2.52 bits per heavy atom. The summed E-state index contributed by atoms with van der Waals surface area (Å²) in [7, 11) is 0. The lowest BCUT2D eigenvalue weighted by Crippen LogP contribution is -2.24. The fraction of sp³-hybridized carbons (Fsp3) is 0. The summed E-state index contributed by atoms with van der Waals surface area (Å²) >= 11 is 0. The van der Waals surface area contributed by atoms with Crippen molar-refractivity contribution in [2.45, 2.75) is 0 Å². The number of fused-ring (bicyclic) bond motifs is 1. The van der Waals surface area contributed by atoms with E-state index in [0.29, 0.717) is 10.7 Å². The molecule has 0 saturated carbocycles. The minimum atomic E-state index is -0.466. The van der Waals surface area contributed by atoms with E-state index in [4.69, 9.17) is 0 Å². The number of amides is 2. The number of aromatic nitrogens is 2. The highest BCUT2D eigenvalue weighted by atomic mass is 16.2. The third-order valence-corrected chi connectivity index (χ3v) is 3.42. The molecule has 1 aliphatic heterocycles. The summed E-state index contributed by atoms with van der Waals surface area (Å²) in [4.78, 5) is 19.5. The van der Waals surface area contributed by atoms with Gasteiger partial charge in [-0.15, -0.1) is 0 Å². The van der Waals surface area contributed by atoms with Crippen LogP contribution in [0.1, 0.15) is 0 Å². The van der Waals surface area contributed by atoms with Crippen LogP contribution in [-0.2, 0) is 0 Å². The van der Waals surface area contributed by atoms with E-state index in [-0.39, 0.29) is 0 Å². The second-order valence-electron chi connectivity index (χ2n) is 4.69. The molecular weight excluding hydrogens is 264 g/mol. The van der Waals surface area contributed by atoms with Gasteiger partial charge in [0, 0.05) is 11.8 Å². The number of H-pyrrole nitrogens is 1. The molecule has 2 aromatic carbocycles. The Bertz CT molecular complexity index is 944. The highest BCUT2D eigenvalue weighted by molar-refractivity contribution is 5.85. The first-order valence-corrected chi connectivity index (χ1v) is 6.53. The zero-order chi connectivity index (χ0) is 14.2. The van der Waals surface area contributed by atoms with Crippen LogP contribution in [-0.4, -0.2) is 16.2 Å². The molecule has 0 spiro atoms. The molecule has 0 aliphatic carbocycles. The predicted octanol–water partition coefficient (Wildman–Crippen LogP) is 2.12. The summed E-state index contributed by atoms with van der Waals surface area (Å²) in [6.45, 7) is 0. The zero-order valence-corrected chi connectivity index (χ0v) is 10.9. The first-order valence-electron chi connectivity index (χ1n) is 6.53. The molecule has 0 fully saturated rings. The lowest BCUT2D eigenvalue weighted by Gasteiger charge is -2.07. The Morgan fingerprint density at radius 2 is 1.76 bits per heavy atom. The second kappa shape index (κ2) is 4.49. The highest BCUT2D eigenvalue weighted by Crippen LogP contribution is 2.27. The van der Waals surface area contributed by atoms with Gasteiger partial charge in [-0.3, -0.25) is 5.10 Å². The van der Waals surface area contributed by atoms with Crippen molar-refractivity contribution < 1.29 is 4.79 Å². The topological polar surface area (TPSA) is 70.5 Å². The molecule has 2 amide bonds. The molecule has 5 heteroatoms. The number of carbonyl (C=O) groups excluding carboxylic acids is 1. The molecule has 3 aromatic rings. The molecule has 100 valence electrons. The summed E-state index contributed by atoms with van der Waals surface area (Å²) < 4.78 is 0. The lowest BCUT2D eigenvalue weighted by molar-refractivity contribution is 0.256. The van der Waals surface area contributed by atoms with Gasteiger partial charge in [0.1, 0.15) is 5.36 Å². The molecule has 1 aliphatic rings. The van der Waals surface area contributed by atoms with Crippen LogP contribution in [0.3, 0.4) is 0 Å². The fourth-order valence-electron chi connectivity index (χ4n) is 2.52. The van der Waals surface area contributed by atoms with Crippen molar-refractivity contribution in [2.75, 3.05) is 0 Å². The monoisotopic (exact) mass is 274 g/mol. The molecule has 4 rings (SSSR count). The number of rotatable bonds is 2. The number of aromatic amines is 1. The fourth-order valence-corrected chi connectivity index (χ4v) is 2.52. The zero-order valence-electron chi connectivity index (χ0n) is 10.9. The minimum Gasteiger partial charge on any atom is -0.285 e. The maximum absolute atomic E-state index is 11.5. The number of hydrogen-bond donors (Lipinski definition) is 1. The van der Waals surface area contributed by atoms with Gasteiger partial charge in [0.2, 0.25) is 0 Å². The number of carbonyl (C=O) groups is 1. The first kappa shape index (κ1) is 11.7. The van der Waals surface area contributed by atoms with E-state index >= 15 is 0 Å². The average Bonchev–Trinajstić information content (AvgIpc) is 3.15. The van der Waals surface area contributed by atoms with Gasteiger partial charge in [0.25, 0.3) is 0 Å². The Labute approximate surface area is 119 Å². The van der Waals surface area contributed by atoms with Crippen LogP contribution < -0.4 is 10.7 Å². The standard InChI is InChI=1S/C16H10N4O/c21-16-18-13-7-6-11(10-4-2-1-3-5-10)14(15(13)19-16)12-8-9-17-20-12/h1-9H,(H,17,20). The second-order valence-corrected chi connectivity index (χ2v) is 4.69. The molecule has 21 heavy (non-hydrogen) atoms. The Kier molecular flexibility index (Phi) is 2.50. The maximum atomic E-state index is 11.5. The van der Waals surface area contributed by atoms with Crippen molar-refractivity contribution in [1.82, 2.24) is 10.2 Å². The van der Waals surface area contributed by atoms with Gasteiger partial charge in [-0.2, -0.15) is 15.1 Å². The minimum absolute atomic E-state index is 0.466. The molecule has 5 nitrogen and oxygen atoms in total. The van der Waals surface area contributed by atoms with Crippen LogP contribution in [0.15, 0.2) is 64.7 Å². The number of benzene rings is 2. The van der Waals surface area contributed by atoms with Gasteiger partial charge in [0.05, 0.1) is 11.1 Å². The Hall–Kier alpha value is -3.08. The van der Waals surface area contributed by atoms with Crippen molar-refractivity contribution in [1.29, 1.82) is 0 Å². The van der Waals surface area contributed by atoms with Crippen molar-refractivity contribution in [3.05, 3.63) is 65.4 Å². The van der Waals surface area contributed by atoms with Crippen molar-refractivity contribution in [3.8, 4) is 22.4 Å². The predicted molar refractivity (Wildman–Crippen MR) is 77.2 cm³/mol. The van der Waals surface area contributed by atoms with E-state index in [0.717, 1.165) is 22.4 Å². The molecule has 0 saturated heterocycles. The van der Waals surface area contributed by atoms with Crippen molar-refractivity contribution >= 4 is 6.03 Å². The molecule has 0 radical (unpaired) electrons. The highest BCUT2D eigenvalue weighted by Gasteiger charge is 2.17. The summed E-state index contributed by atoms with van der Waals surface area (Å²) in [6.07, 6.45) is 1.75. The van der Waals surface area contributed by atoms with Gasteiger partial charge in [-0.1, -0.05) is 36.4 Å². The largest absolute Gasteiger partial charge is 0.368 e. The smallest absolute Gasteiger partial charge is 0.285 e. The summed E-state index contributed by atoms with van der Waals surface area (Å²) in [5, 5.41) is 8.23. The van der Waals surface area contributed by atoms with E-state index in [2.05, 4.69) is 20.2 Å². The van der Waals surface area contributed by atoms with E-state index in [1.807, 2.05) is 48.5 Å². The van der Waals surface area contributed by atoms with Crippen molar-refractivity contribution in [2.24, 2.45) is 9.98 Å². The molecule has 1 aromatic heterocycles. The average molecular weight is 274 g/mol. The van der Waals surface area contributed by atoms with Gasteiger partial charge in [-0.05, 0) is 23.3 Å². The lowest BCUT2D eigenvalue weighted by atomic mass is 9.97. The maximum Gasteiger partial charge on any atom is 0.368 e. The van der Waals surface area contributed by atoms with Crippen LogP contribution in [0.25, 0.3) is 22.4 Å². The van der Waals surface area contributed by atoms with E-state index in [1.54, 1.807) is 6.20 Å². The van der Waals surface area contributed by atoms with Crippen LogP contribution >= 0.6 is 0 Å². The number of hydrogen-bond acceptors (Lipinski definition) is 2. The van der Waals surface area contributed by atoms with Crippen LogP contribution in [0.2, 0.25) is 0 Å². The van der Waals surface area contributed by atoms with Gasteiger partial charge < -0.3 is 0 Å². The molecule has 0 atom stereocenters. The molecule has 1 N–H and O–H groups in total. The molecule has 2 heterocycles. The van der Waals surface area contributed by atoms with Gasteiger partial charge in [-0.25, -0.2) is 4.79 Å². The number of nitrogens with one attached hydrogen (secondary N) is 1.